The molecule has 0 saturated carbocycles. The van der Waals surface area contributed by atoms with E-state index in [1.807, 2.05) is 18.2 Å². The summed E-state index contributed by atoms with van der Waals surface area (Å²) in [6.45, 7) is 0. The molecule has 2 aromatic heterocycles. The number of nitrogens with zero attached hydrogens (tertiary/aromatic N) is 3. The zero-order valence-electron chi connectivity index (χ0n) is 12.5. The molecule has 0 spiro atoms. The lowest BCUT2D eigenvalue weighted by Crippen LogP contribution is -1.90. The number of aromatic nitrogens is 4. The number of H-pyrrole nitrogens is 1. The molecule has 5 aromatic rings. The molecule has 0 saturated heterocycles. The first-order chi connectivity index (χ1) is 11.8. The smallest absolute Gasteiger partial charge is 0.116 e. The Morgan fingerprint density at radius 1 is 0.792 bits per heavy atom. The Balaban J connectivity index is 1.90. The third-order valence-electron chi connectivity index (χ3n) is 4.28. The summed E-state index contributed by atoms with van der Waals surface area (Å²) >= 11 is 3.53. The number of nitrogens with one attached hydrogen (secondary N) is 1. The number of aromatic amines is 1. The molecule has 0 aliphatic rings. The highest BCUT2D eigenvalue weighted by molar-refractivity contribution is 9.10. The summed E-state index contributed by atoms with van der Waals surface area (Å²) in [5.74, 6) is 0. The largest absolute Gasteiger partial charge is 0.345 e. The van der Waals surface area contributed by atoms with Gasteiger partial charge in [0.25, 0.3) is 0 Å². The lowest BCUT2D eigenvalue weighted by Gasteiger charge is -2.08. The van der Waals surface area contributed by atoms with E-state index < -0.39 is 0 Å². The minimum Gasteiger partial charge on any atom is -0.345 e. The molecule has 0 aliphatic heterocycles. The van der Waals surface area contributed by atoms with Gasteiger partial charge in [0.05, 0.1) is 28.6 Å². The normalized spacial score (nSPS) is 11.5. The van der Waals surface area contributed by atoms with Crippen molar-refractivity contribution in [1.29, 1.82) is 0 Å². The molecule has 2 heterocycles. The number of halogens is 1. The molecule has 114 valence electrons. The Morgan fingerprint density at radius 3 is 2.54 bits per heavy atom. The molecular formula is C19H11BrN4. The van der Waals surface area contributed by atoms with Crippen LogP contribution < -0.4 is 0 Å². The van der Waals surface area contributed by atoms with Gasteiger partial charge in [-0.3, -0.25) is 0 Å². The van der Waals surface area contributed by atoms with Gasteiger partial charge in [-0.1, -0.05) is 34.1 Å². The highest BCUT2D eigenvalue weighted by atomic mass is 79.9. The van der Waals surface area contributed by atoms with Crippen LogP contribution in [-0.4, -0.2) is 19.9 Å². The van der Waals surface area contributed by atoms with Crippen molar-refractivity contribution in [2.45, 2.75) is 0 Å². The summed E-state index contributed by atoms with van der Waals surface area (Å²) < 4.78 is 1.03. The van der Waals surface area contributed by atoms with Gasteiger partial charge in [0.1, 0.15) is 6.33 Å². The monoisotopic (exact) mass is 374 g/mol. The van der Waals surface area contributed by atoms with Gasteiger partial charge in [-0.25, -0.2) is 15.0 Å². The van der Waals surface area contributed by atoms with Crippen LogP contribution in [0.1, 0.15) is 0 Å². The second kappa shape index (κ2) is 5.11. The molecule has 5 heteroatoms. The lowest BCUT2D eigenvalue weighted by atomic mass is 10.0. The van der Waals surface area contributed by atoms with E-state index in [9.17, 15) is 0 Å². The molecule has 3 aromatic carbocycles. The van der Waals surface area contributed by atoms with Crippen molar-refractivity contribution in [2.75, 3.05) is 0 Å². The maximum absolute atomic E-state index is 4.55. The Bertz CT molecular complexity index is 1230. The molecular weight excluding hydrogens is 364 g/mol. The second-order valence-electron chi connectivity index (χ2n) is 5.65. The van der Waals surface area contributed by atoms with Crippen molar-refractivity contribution in [1.82, 2.24) is 19.9 Å². The van der Waals surface area contributed by atoms with Gasteiger partial charge in [-0.2, -0.15) is 0 Å². The molecule has 0 atom stereocenters. The minimum absolute atomic E-state index is 0.935. The molecule has 0 fully saturated rings. The minimum atomic E-state index is 0.935. The molecule has 0 bridgehead atoms. The number of fused-ring (bicyclic) bond motifs is 5. The Morgan fingerprint density at radius 2 is 1.62 bits per heavy atom. The SMILES string of the molecule is Brc1cccc(-c2ncnc3c2ccc2c3ccc3[nH]cnc32)c1. The van der Waals surface area contributed by atoms with Crippen molar-refractivity contribution in [3.05, 3.63) is 65.7 Å². The van der Waals surface area contributed by atoms with Crippen LogP contribution in [0.15, 0.2) is 65.7 Å². The van der Waals surface area contributed by atoms with Gasteiger partial charge in [0.15, 0.2) is 0 Å². The quantitative estimate of drug-likeness (QED) is 0.415. The number of imidazole rings is 1. The fourth-order valence-corrected chi connectivity index (χ4v) is 3.60. The van der Waals surface area contributed by atoms with E-state index in [1.54, 1.807) is 12.7 Å². The van der Waals surface area contributed by atoms with Crippen LogP contribution in [-0.2, 0) is 0 Å². The van der Waals surface area contributed by atoms with Gasteiger partial charge < -0.3 is 4.98 Å². The number of hydrogen-bond donors (Lipinski definition) is 1. The molecule has 1 N–H and O–H groups in total. The van der Waals surface area contributed by atoms with Crippen molar-refractivity contribution >= 4 is 48.6 Å². The van der Waals surface area contributed by atoms with Crippen molar-refractivity contribution in [3.8, 4) is 11.3 Å². The van der Waals surface area contributed by atoms with Crippen LogP contribution >= 0.6 is 15.9 Å². The van der Waals surface area contributed by atoms with Gasteiger partial charge in [0, 0.05) is 26.2 Å². The van der Waals surface area contributed by atoms with Gasteiger partial charge in [-0.05, 0) is 30.3 Å². The molecule has 5 rings (SSSR count). The first-order valence-corrected chi connectivity index (χ1v) is 8.36. The number of hydrogen-bond acceptors (Lipinski definition) is 3. The molecule has 0 unspecified atom stereocenters. The van der Waals surface area contributed by atoms with E-state index in [-0.39, 0.29) is 0 Å². The van der Waals surface area contributed by atoms with Crippen LogP contribution in [0.4, 0.5) is 0 Å². The molecule has 0 radical (unpaired) electrons. The van der Waals surface area contributed by atoms with E-state index >= 15 is 0 Å². The van der Waals surface area contributed by atoms with Crippen LogP contribution in [0.25, 0.3) is 44.0 Å². The maximum atomic E-state index is 4.55. The summed E-state index contributed by atoms with van der Waals surface area (Å²) in [5, 5.41) is 3.23. The number of rotatable bonds is 1. The molecule has 0 aliphatic carbocycles. The first kappa shape index (κ1) is 13.6. The van der Waals surface area contributed by atoms with Crippen LogP contribution in [0.2, 0.25) is 0 Å². The van der Waals surface area contributed by atoms with E-state index in [1.165, 1.54) is 0 Å². The van der Waals surface area contributed by atoms with Gasteiger partial charge in [-0.15, -0.1) is 0 Å². The van der Waals surface area contributed by atoms with E-state index in [4.69, 9.17) is 0 Å². The van der Waals surface area contributed by atoms with E-state index in [0.717, 1.165) is 48.4 Å². The Hall–Kier alpha value is -2.79. The number of benzene rings is 3. The zero-order chi connectivity index (χ0) is 16.1. The van der Waals surface area contributed by atoms with E-state index in [2.05, 4.69) is 66.2 Å². The Kier molecular flexibility index (Phi) is 2.90. The highest BCUT2D eigenvalue weighted by Gasteiger charge is 2.11. The van der Waals surface area contributed by atoms with Crippen molar-refractivity contribution in [2.24, 2.45) is 0 Å². The first-order valence-electron chi connectivity index (χ1n) is 7.57. The molecule has 4 nitrogen and oxygen atoms in total. The topological polar surface area (TPSA) is 54.5 Å². The highest BCUT2D eigenvalue weighted by Crippen LogP contribution is 2.33. The average Bonchev–Trinajstić information content (AvgIpc) is 3.10. The summed E-state index contributed by atoms with van der Waals surface area (Å²) in [4.78, 5) is 16.7. The standard InChI is InChI=1S/C19H11BrN4/c20-12-3-1-2-11(8-12)17-15-5-4-14-13(18(15)23-10-22-17)6-7-16-19(14)24-9-21-16/h1-10H,(H,21,24). The van der Waals surface area contributed by atoms with Crippen LogP contribution in [0, 0.1) is 0 Å². The van der Waals surface area contributed by atoms with E-state index in [0.29, 0.717) is 0 Å². The summed E-state index contributed by atoms with van der Waals surface area (Å²) in [7, 11) is 0. The Labute approximate surface area is 145 Å². The average molecular weight is 375 g/mol. The fraction of sp³-hybridized carbons (Fsp3) is 0. The maximum Gasteiger partial charge on any atom is 0.116 e. The predicted octanol–water partition coefficient (Wildman–Crippen LogP) is 5.09. The van der Waals surface area contributed by atoms with Crippen LogP contribution in [0.5, 0.6) is 0 Å². The lowest BCUT2D eigenvalue weighted by molar-refractivity contribution is 1.23. The third-order valence-corrected chi connectivity index (χ3v) is 4.78. The summed E-state index contributed by atoms with van der Waals surface area (Å²) in [6, 6.07) is 16.5. The second-order valence-corrected chi connectivity index (χ2v) is 6.57. The zero-order valence-corrected chi connectivity index (χ0v) is 14.1. The summed E-state index contributed by atoms with van der Waals surface area (Å²) in [5.41, 5.74) is 4.95. The van der Waals surface area contributed by atoms with Crippen molar-refractivity contribution in [3.63, 3.8) is 0 Å². The van der Waals surface area contributed by atoms with Crippen molar-refractivity contribution < 1.29 is 0 Å². The summed E-state index contributed by atoms with van der Waals surface area (Å²) in [6.07, 6.45) is 3.36. The van der Waals surface area contributed by atoms with Gasteiger partial charge >= 0.3 is 0 Å². The predicted molar refractivity (Wildman–Crippen MR) is 99.8 cm³/mol. The molecule has 24 heavy (non-hydrogen) atoms. The molecule has 0 amide bonds. The third kappa shape index (κ3) is 1.95. The fourth-order valence-electron chi connectivity index (χ4n) is 3.21. The van der Waals surface area contributed by atoms with Crippen LogP contribution in [0.3, 0.4) is 0 Å². The van der Waals surface area contributed by atoms with Gasteiger partial charge in [0.2, 0.25) is 0 Å².